The lowest BCUT2D eigenvalue weighted by molar-refractivity contribution is -0.0519. The number of likely N-dealkylation sites (tertiary alicyclic amines) is 2. The molecule has 0 spiro atoms. The molecule has 1 N–H and O–H groups in total. The highest BCUT2D eigenvalue weighted by Gasteiger charge is 2.35. The van der Waals surface area contributed by atoms with E-state index in [-0.39, 0.29) is 11.6 Å². The highest BCUT2D eigenvalue weighted by atomic mass is 19.1. The van der Waals surface area contributed by atoms with Crippen LogP contribution in [0, 0.1) is 5.82 Å². The van der Waals surface area contributed by atoms with Crippen LogP contribution in [0.15, 0.2) is 18.2 Å². The maximum Gasteiger partial charge on any atom is 0.165 e. The zero-order chi connectivity index (χ0) is 16.3. The van der Waals surface area contributed by atoms with Crippen molar-refractivity contribution in [2.45, 2.75) is 37.8 Å². The first-order valence-corrected chi connectivity index (χ1v) is 8.57. The van der Waals surface area contributed by atoms with Crippen molar-refractivity contribution in [2.75, 3.05) is 39.8 Å². The number of hydrogen-bond donors (Lipinski definition) is 1. The number of benzene rings is 1. The average Bonchev–Trinajstić information content (AvgIpc) is 3.01. The summed E-state index contributed by atoms with van der Waals surface area (Å²) in [4.78, 5) is 4.65. The van der Waals surface area contributed by atoms with Crippen molar-refractivity contribution in [2.24, 2.45) is 0 Å². The van der Waals surface area contributed by atoms with E-state index in [1.165, 1.54) is 26.0 Å². The number of ether oxygens (including phenoxy) is 1. The topological polar surface area (TPSA) is 35.9 Å². The molecular weight excluding hydrogens is 295 g/mol. The fraction of sp³-hybridized carbons (Fsp3) is 0.667. The van der Waals surface area contributed by atoms with Gasteiger partial charge in [-0.2, -0.15) is 0 Å². The third kappa shape index (κ3) is 4.22. The summed E-state index contributed by atoms with van der Waals surface area (Å²) in [5, 5.41) is 11.0. The Balaban J connectivity index is 1.61. The largest absolute Gasteiger partial charge is 0.494 e. The lowest BCUT2D eigenvalue weighted by Gasteiger charge is -2.41. The molecule has 2 saturated heterocycles. The Labute approximate surface area is 137 Å². The summed E-state index contributed by atoms with van der Waals surface area (Å²) in [6, 6.07) is 5.00. The maximum absolute atomic E-state index is 13.5. The van der Waals surface area contributed by atoms with Crippen LogP contribution in [-0.4, -0.2) is 60.3 Å². The van der Waals surface area contributed by atoms with Gasteiger partial charge < -0.3 is 14.7 Å². The molecule has 2 aliphatic rings. The number of β-amino-alcohol motifs (C(OH)–C–C–N with tert-alkyl or cyclic N) is 1. The van der Waals surface area contributed by atoms with Crippen LogP contribution >= 0.6 is 0 Å². The molecule has 1 aromatic carbocycles. The van der Waals surface area contributed by atoms with Crippen LogP contribution in [0.4, 0.5) is 4.39 Å². The summed E-state index contributed by atoms with van der Waals surface area (Å²) in [6.45, 7) is 5.37. The van der Waals surface area contributed by atoms with Crippen molar-refractivity contribution in [1.82, 2.24) is 9.80 Å². The van der Waals surface area contributed by atoms with Crippen molar-refractivity contribution in [3.05, 3.63) is 29.6 Å². The Kier molecular flexibility index (Phi) is 5.19. The molecule has 128 valence electrons. The smallest absolute Gasteiger partial charge is 0.165 e. The van der Waals surface area contributed by atoms with Gasteiger partial charge in [0.15, 0.2) is 11.6 Å². The van der Waals surface area contributed by atoms with Crippen LogP contribution in [0.5, 0.6) is 5.75 Å². The molecule has 23 heavy (non-hydrogen) atoms. The summed E-state index contributed by atoms with van der Waals surface area (Å²) < 4.78 is 18.6. The summed E-state index contributed by atoms with van der Waals surface area (Å²) in [7, 11) is 1.48. The Morgan fingerprint density at radius 2 is 1.91 bits per heavy atom. The SMILES string of the molecule is COc1cc(CN2CCCC(O)(CN3CCCC3)C2)ccc1F. The van der Waals surface area contributed by atoms with E-state index in [0.29, 0.717) is 6.54 Å². The molecule has 0 amide bonds. The van der Waals surface area contributed by atoms with Crippen LogP contribution in [-0.2, 0) is 6.54 Å². The second kappa shape index (κ2) is 7.16. The number of hydrogen-bond acceptors (Lipinski definition) is 4. The minimum absolute atomic E-state index is 0.284. The summed E-state index contributed by atoms with van der Waals surface area (Å²) in [5.41, 5.74) is 0.404. The molecule has 0 aromatic heterocycles. The monoisotopic (exact) mass is 322 g/mol. The molecule has 2 aliphatic heterocycles. The lowest BCUT2D eigenvalue weighted by Crippen LogP contribution is -2.53. The number of rotatable bonds is 5. The molecule has 0 radical (unpaired) electrons. The molecule has 0 bridgehead atoms. The average molecular weight is 322 g/mol. The van der Waals surface area contributed by atoms with E-state index in [9.17, 15) is 9.50 Å². The van der Waals surface area contributed by atoms with Gasteiger partial charge >= 0.3 is 0 Å². The van der Waals surface area contributed by atoms with Gasteiger partial charge in [-0.1, -0.05) is 6.07 Å². The molecule has 1 aromatic rings. The predicted octanol–water partition coefficient (Wildman–Crippen LogP) is 2.26. The summed E-state index contributed by atoms with van der Waals surface area (Å²) in [5.74, 6) is -0.0488. The zero-order valence-electron chi connectivity index (χ0n) is 13.9. The quantitative estimate of drug-likeness (QED) is 0.902. The zero-order valence-corrected chi connectivity index (χ0v) is 13.9. The van der Waals surface area contributed by atoms with Gasteiger partial charge in [-0.3, -0.25) is 4.90 Å². The normalized spacial score (nSPS) is 26.6. The fourth-order valence-corrected chi connectivity index (χ4v) is 3.89. The van der Waals surface area contributed by atoms with E-state index in [4.69, 9.17) is 4.74 Å². The second-order valence-corrected chi connectivity index (χ2v) is 6.99. The van der Waals surface area contributed by atoms with Gasteiger partial charge in [-0.15, -0.1) is 0 Å². The number of halogens is 1. The standard InChI is InChI=1S/C18H27FN2O2/c1-23-17-11-15(5-6-16(17)19)12-21-10-4-7-18(22,14-21)13-20-8-2-3-9-20/h5-6,11,22H,2-4,7-10,12-14H2,1H3. The van der Waals surface area contributed by atoms with Crippen LogP contribution in [0.25, 0.3) is 0 Å². The lowest BCUT2D eigenvalue weighted by atomic mass is 9.92. The number of piperidine rings is 1. The molecule has 0 aliphatic carbocycles. The number of methoxy groups -OCH3 is 1. The Morgan fingerprint density at radius 3 is 2.65 bits per heavy atom. The molecular formula is C18H27FN2O2. The summed E-state index contributed by atoms with van der Waals surface area (Å²) in [6.07, 6.45) is 4.36. The third-order valence-electron chi connectivity index (χ3n) is 4.97. The van der Waals surface area contributed by atoms with Crippen molar-refractivity contribution in [3.8, 4) is 5.75 Å². The third-order valence-corrected chi connectivity index (χ3v) is 4.97. The van der Waals surface area contributed by atoms with E-state index < -0.39 is 5.60 Å². The first-order chi connectivity index (χ1) is 11.1. The van der Waals surface area contributed by atoms with Gasteiger partial charge in [-0.05, 0) is 63.0 Å². The van der Waals surface area contributed by atoms with Gasteiger partial charge in [0.2, 0.25) is 0 Å². The highest BCUT2D eigenvalue weighted by Crippen LogP contribution is 2.26. The first kappa shape index (κ1) is 16.7. The molecule has 2 fully saturated rings. The van der Waals surface area contributed by atoms with Crippen LogP contribution in [0.3, 0.4) is 0 Å². The van der Waals surface area contributed by atoms with E-state index in [1.54, 1.807) is 12.1 Å². The van der Waals surface area contributed by atoms with Crippen molar-refractivity contribution in [3.63, 3.8) is 0 Å². The second-order valence-electron chi connectivity index (χ2n) is 6.99. The molecule has 4 nitrogen and oxygen atoms in total. The van der Waals surface area contributed by atoms with Gasteiger partial charge in [0.05, 0.1) is 12.7 Å². The number of nitrogens with zero attached hydrogens (tertiary/aromatic N) is 2. The summed E-state index contributed by atoms with van der Waals surface area (Å²) >= 11 is 0. The van der Waals surface area contributed by atoms with E-state index in [2.05, 4.69) is 9.80 Å². The van der Waals surface area contributed by atoms with Crippen molar-refractivity contribution in [1.29, 1.82) is 0 Å². The predicted molar refractivity (Wildman–Crippen MR) is 88.1 cm³/mol. The van der Waals surface area contributed by atoms with Crippen LogP contribution < -0.4 is 4.74 Å². The maximum atomic E-state index is 13.5. The minimum Gasteiger partial charge on any atom is -0.494 e. The Bertz CT molecular complexity index is 534. The fourth-order valence-electron chi connectivity index (χ4n) is 3.89. The first-order valence-electron chi connectivity index (χ1n) is 8.57. The van der Waals surface area contributed by atoms with Crippen molar-refractivity contribution >= 4 is 0 Å². The molecule has 1 unspecified atom stereocenters. The van der Waals surface area contributed by atoms with Crippen LogP contribution in [0.2, 0.25) is 0 Å². The van der Waals surface area contributed by atoms with Gasteiger partial charge in [-0.25, -0.2) is 4.39 Å². The van der Waals surface area contributed by atoms with Gasteiger partial charge in [0, 0.05) is 19.6 Å². The minimum atomic E-state index is -0.618. The van der Waals surface area contributed by atoms with Gasteiger partial charge in [0.1, 0.15) is 0 Å². The highest BCUT2D eigenvalue weighted by molar-refractivity contribution is 5.30. The molecule has 2 heterocycles. The van der Waals surface area contributed by atoms with E-state index in [0.717, 1.165) is 51.1 Å². The van der Waals surface area contributed by atoms with Crippen molar-refractivity contribution < 1.29 is 14.2 Å². The van der Waals surface area contributed by atoms with Crippen LogP contribution in [0.1, 0.15) is 31.2 Å². The van der Waals surface area contributed by atoms with Gasteiger partial charge in [0.25, 0.3) is 0 Å². The Hall–Kier alpha value is -1.17. The molecule has 5 heteroatoms. The van der Waals surface area contributed by atoms with E-state index in [1.807, 2.05) is 0 Å². The molecule has 1 atom stereocenters. The van der Waals surface area contributed by atoms with E-state index >= 15 is 0 Å². The number of aliphatic hydroxyl groups is 1. The molecule has 0 saturated carbocycles. The molecule has 3 rings (SSSR count). The Morgan fingerprint density at radius 1 is 1.17 bits per heavy atom.